The zero-order valence-corrected chi connectivity index (χ0v) is 14.2. The first-order chi connectivity index (χ1) is 9.99. The van der Waals surface area contributed by atoms with Crippen molar-refractivity contribution in [2.45, 2.75) is 23.4 Å². The van der Waals surface area contributed by atoms with E-state index in [4.69, 9.17) is 11.6 Å². The van der Waals surface area contributed by atoms with Gasteiger partial charge in [0.25, 0.3) is 0 Å². The summed E-state index contributed by atoms with van der Waals surface area (Å²) >= 11 is 8.86. The maximum atomic E-state index is 11.5. The average Bonchev–Trinajstić information content (AvgIpc) is 2.89. The van der Waals surface area contributed by atoms with Gasteiger partial charge in [0.05, 0.1) is 5.25 Å². The smallest absolute Gasteiger partial charge is 0.233 e. The minimum Gasteiger partial charge on any atom is -0.358 e. The number of aromatic nitrogens is 2. The number of rotatable bonds is 5. The van der Waals surface area contributed by atoms with Gasteiger partial charge >= 0.3 is 0 Å². The number of carbonyl (C=O) groups is 1. The molecule has 0 aliphatic rings. The second kappa shape index (κ2) is 7.11. The van der Waals surface area contributed by atoms with Gasteiger partial charge in [-0.15, -0.1) is 10.2 Å². The molecule has 5 nitrogen and oxygen atoms in total. The molecule has 0 fully saturated rings. The fourth-order valence-corrected chi connectivity index (χ4v) is 3.67. The van der Waals surface area contributed by atoms with E-state index in [1.807, 2.05) is 32.0 Å². The molecule has 1 atom stereocenters. The van der Waals surface area contributed by atoms with Crippen LogP contribution < -0.4 is 10.6 Å². The number of aryl methyl sites for hydroxylation is 1. The Bertz CT molecular complexity index is 647. The quantitative estimate of drug-likeness (QED) is 0.814. The third-order valence-electron chi connectivity index (χ3n) is 2.72. The monoisotopic (exact) mass is 342 g/mol. The van der Waals surface area contributed by atoms with Crippen LogP contribution in [0.4, 0.5) is 10.8 Å². The van der Waals surface area contributed by atoms with E-state index < -0.39 is 0 Å². The lowest BCUT2D eigenvalue weighted by molar-refractivity contribution is -0.119. The van der Waals surface area contributed by atoms with Crippen LogP contribution in [0.5, 0.6) is 0 Å². The van der Waals surface area contributed by atoms with E-state index in [1.54, 1.807) is 7.05 Å². The molecule has 0 spiro atoms. The molecule has 1 amide bonds. The first-order valence-corrected chi connectivity index (χ1v) is 8.32. The van der Waals surface area contributed by atoms with E-state index >= 15 is 0 Å². The Balaban J connectivity index is 2.02. The summed E-state index contributed by atoms with van der Waals surface area (Å²) in [5, 5.41) is 15.1. The molecule has 21 heavy (non-hydrogen) atoms. The van der Waals surface area contributed by atoms with Gasteiger partial charge in [-0.2, -0.15) is 0 Å². The van der Waals surface area contributed by atoms with Crippen LogP contribution in [0.25, 0.3) is 0 Å². The summed E-state index contributed by atoms with van der Waals surface area (Å²) < 4.78 is 0.742. The predicted molar refractivity (Wildman–Crippen MR) is 88.8 cm³/mol. The number of benzene rings is 1. The fourth-order valence-electron chi connectivity index (χ4n) is 1.51. The number of thioether (sulfide) groups is 1. The van der Waals surface area contributed by atoms with Gasteiger partial charge in [0.1, 0.15) is 0 Å². The SMILES string of the molecule is CNC(=O)[C@H](C)Sc1nnc(Nc2ccc(C)c(Cl)c2)s1. The summed E-state index contributed by atoms with van der Waals surface area (Å²) in [6.45, 7) is 3.78. The van der Waals surface area contributed by atoms with Crippen LogP contribution in [0.15, 0.2) is 22.5 Å². The van der Waals surface area contributed by atoms with Crippen molar-refractivity contribution in [2.24, 2.45) is 0 Å². The van der Waals surface area contributed by atoms with Crippen LogP contribution in [-0.2, 0) is 4.79 Å². The number of hydrogen-bond acceptors (Lipinski definition) is 6. The highest BCUT2D eigenvalue weighted by Crippen LogP contribution is 2.31. The second-order valence-corrected chi connectivity index (χ2v) is 7.31. The summed E-state index contributed by atoms with van der Waals surface area (Å²) in [6, 6.07) is 5.72. The molecule has 0 aliphatic carbocycles. The third kappa shape index (κ3) is 4.33. The van der Waals surface area contributed by atoms with Crippen LogP contribution in [-0.4, -0.2) is 28.4 Å². The van der Waals surface area contributed by atoms with Crippen LogP contribution in [0, 0.1) is 6.92 Å². The highest BCUT2D eigenvalue weighted by Gasteiger charge is 2.15. The molecule has 0 bridgehead atoms. The van der Waals surface area contributed by atoms with Crippen molar-refractivity contribution >= 4 is 51.4 Å². The Kier molecular flexibility index (Phi) is 5.44. The number of carbonyl (C=O) groups excluding carboxylic acids is 1. The number of nitrogens with one attached hydrogen (secondary N) is 2. The lowest BCUT2D eigenvalue weighted by Gasteiger charge is -2.06. The Labute approximate surface area is 136 Å². The van der Waals surface area contributed by atoms with E-state index in [9.17, 15) is 4.79 Å². The van der Waals surface area contributed by atoms with E-state index in [-0.39, 0.29) is 11.2 Å². The molecule has 0 unspecified atom stereocenters. The molecule has 0 radical (unpaired) electrons. The Morgan fingerprint density at radius 2 is 2.19 bits per heavy atom. The molecular weight excluding hydrogens is 328 g/mol. The summed E-state index contributed by atoms with van der Waals surface area (Å²) in [5.41, 5.74) is 1.88. The molecule has 8 heteroatoms. The van der Waals surface area contributed by atoms with E-state index in [0.717, 1.165) is 15.6 Å². The number of amides is 1. The number of hydrogen-bond donors (Lipinski definition) is 2. The number of anilines is 2. The van der Waals surface area contributed by atoms with Crippen LogP contribution >= 0.6 is 34.7 Å². The topological polar surface area (TPSA) is 66.9 Å². The standard InChI is InChI=1S/C13H15ClN4OS2/c1-7-4-5-9(6-10(7)14)16-12-17-18-13(21-12)20-8(2)11(19)15-3/h4-6,8H,1-3H3,(H,15,19)(H,16,17)/t8-/m0/s1. The first kappa shape index (κ1) is 16.1. The maximum Gasteiger partial charge on any atom is 0.233 e. The number of nitrogens with zero attached hydrogens (tertiary/aromatic N) is 2. The maximum absolute atomic E-state index is 11.5. The molecule has 2 N–H and O–H groups in total. The number of halogens is 1. The minimum atomic E-state index is -0.204. The summed E-state index contributed by atoms with van der Waals surface area (Å²) in [4.78, 5) is 11.5. The zero-order valence-electron chi connectivity index (χ0n) is 11.8. The van der Waals surface area contributed by atoms with Gasteiger partial charge in [-0.1, -0.05) is 40.8 Å². The molecule has 2 rings (SSSR count). The molecule has 112 valence electrons. The Morgan fingerprint density at radius 1 is 1.43 bits per heavy atom. The third-order valence-corrected chi connectivity index (χ3v) is 5.15. The molecule has 1 heterocycles. The molecule has 1 aromatic heterocycles. The summed E-state index contributed by atoms with van der Waals surface area (Å²) in [6.07, 6.45) is 0. The Hall–Kier alpha value is -1.31. The highest BCUT2D eigenvalue weighted by atomic mass is 35.5. The normalized spacial score (nSPS) is 12.0. The van der Waals surface area contributed by atoms with Crippen LogP contribution in [0.2, 0.25) is 5.02 Å². The molecule has 0 aliphatic heterocycles. The van der Waals surface area contributed by atoms with Crippen LogP contribution in [0.1, 0.15) is 12.5 Å². The lowest BCUT2D eigenvalue weighted by atomic mass is 10.2. The van der Waals surface area contributed by atoms with Gasteiger partial charge < -0.3 is 10.6 Å². The second-order valence-electron chi connectivity index (χ2n) is 4.34. The zero-order chi connectivity index (χ0) is 15.4. The average molecular weight is 343 g/mol. The van der Waals surface area contributed by atoms with Crippen molar-refractivity contribution < 1.29 is 4.79 Å². The van der Waals surface area contributed by atoms with Crippen molar-refractivity contribution in [3.63, 3.8) is 0 Å². The minimum absolute atomic E-state index is 0.0324. The summed E-state index contributed by atoms with van der Waals surface area (Å²) in [5.74, 6) is -0.0324. The van der Waals surface area contributed by atoms with E-state index in [0.29, 0.717) is 10.2 Å². The molecule has 0 saturated heterocycles. The van der Waals surface area contributed by atoms with Gasteiger partial charge in [-0.25, -0.2) is 0 Å². The van der Waals surface area contributed by atoms with E-state index in [2.05, 4.69) is 20.8 Å². The van der Waals surface area contributed by atoms with Crippen molar-refractivity contribution in [3.8, 4) is 0 Å². The van der Waals surface area contributed by atoms with Crippen LogP contribution in [0.3, 0.4) is 0 Å². The van der Waals surface area contributed by atoms with Gasteiger partial charge in [0.15, 0.2) is 4.34 Å². The van der Waals surface area contributed by atoms with Gasteiger partial charge in [0.2, 0.25) is 11.0 Å². The van der Waals surface area contributed by atoms with Crippen molar-refractivity contribution in [1.82, 2.24) is 15.5 Å². The Morgan fingerprint density at radius 3 is 2.86 bits per heavy atom. The van der Waals surface area contributed by atoms with Crippen molar-refractivity contribution in [3.05, 3.63) is 28.8 Å². The largest absolute Gasteiger partial charge is 0.358 e. The molecule has 0 saturated carbocycles. The van der Waals surface area contributed by atoms with Gasteiger partial charge in [-0.3, -0.25) is 4.79 Å². The van der Waals surface area contributed by atoms with Crippen molar-refractivity contribution in [1.29, 1.82) is 0 Å². The van der Waals surface area contributed by atoms with Crippen molar-refractivity contribution in [2.75, 3.05) is 12.4 Å². The molecule has 1 aromatic carbocycles. The molecule has 2 aromatic rings. The highest BCUT2D eigenvalue weighted by molar-refractivity contribution is 8.02. The summed E-state index contributed by atoms with van der Waals surface area (Å²) in [7, 11) is 1.62. The lowest BCUT2D eigenvalue weighted by Crippen LogP contribution is -2.27. The fraction of sp³-hybridized carbons (Fsp3) is 0.308. The predicted octanol–water partition coefficient (Wildman–Crippen LogP) is 3.47. The first-order valence-electron chi connectivity index (χ1n) is 6.24. The molecular formula is C13H15ClN4OS2. The van der Waals surface area contributed by atoms with Gasteiger partial charge in [-0.05, 0) is 31.5 Å². The van der Waals surface area contributed by atoms with Gasteiger partial charge in [0, 0.05) is 17.8 Å². The van der Waals surface area contributed by atoms with E-state index in [1.165, 1.54) is 23.1 Å².